The highest BCUT2D eigenvalue weighted by Crippen LogP contribution is 2.19. The van der Waals surface area contributed by atoms with E-state index in [-0.39, 0.29) is 30.0 Å². The Hall–Kier alpha value is -1.23. The second-order valence-corrected chi connectivity index (χ2v) is 6.40. The van der Waals surface area contributed by atoms with Crippen LogP contribution in [0.15, 0.2) is 29.3 Å². The number of hydrogen-bond donors (Lipinski definition) is 2. The molecule has 1 fully saturated rings. The molecule has 1 heterocycles. The fourth-order valence-corrected chi connectivity index (χ4v) is 2.82. The van der Waals surface area contributed by atoms with Gasteiger partial charge in [-0.05, 0) is 32.4 Å². The number of ether oxygens (including phenoxy) is 1. The Morgan fingerprint density at radius 3 is 2.63 bits per heavy atom. The van der Waals surface area contributed by atoms with E-state index in [0.29, 0.717) is 45.2 Å². The van der Waals surface area contributed by atoms with Gasteiger partial charge in [0.1, 0.15) is 12.4 Å². The lowest BCUT2D eigenvalue weighted by atomic mass is 10.2. The first-order valence-electron chi connectivity index (χ1n) is 8.89. The fraction of sp³-hybridized carbons (Fsp3) is 0.611. The molecular weight excluding hydrogens is 472 g/mol. The number of likely N-dealkylation sites (tertiary alicyclic amines) is 1. The molecule has 0 radical (unpaired) electrons. The van der Waals surface area contributed by atoms with Gasteiger partial charge in [-0.25, -0.2) is 4.99 Å². The first-order valence-corrected chi connectivity index (χ1v) is 8.89. The van der Waals surface area contributed by atoms with E-state index in [1.165, 1.54) is 10.5 Å². The number of hydrogen-bond acceptors (Lipinski definition) is 3. The third-order valence-electron chi connectivity index (χ3n) is 4.01. The topological polar surface area (TPSA) is 48.9 Å². The minimum Gasteiger partial charge on any atom is -0.492 e. The van der Waals surface area contributed by atoms with Gasteiger partial charge in [-0.1, -0.05) is 17.7 Å². The first kappa shape index (κ1) is 23.8. The van der Waals surface area contributed by atoms with E-state index in [0.717, 1.165) is 5.75 Å². The second-order valence-electron chi connectivity index (χ2n) is 6.40. The van der Waals surface area contributed by atoms with Crippen LogP contribution in [-0.4, -0.2) is 62.4 Å². The van der Waals surface area contributed by atoms with Gasteiger partial charge in [0, 0.05) is 25.7 Å². The minimum atomic E-state index is -4.15. The minimum absolute atomic E-state index is 0. The van der Waals surface area contributed by atoms with Crippen LogP contribution in [-0.2, 0) is 0 Å². The Morgan fingerprint density at radius 1 is 1.30 bits per heavy atom. The summed E-state index contributed by atoms with van der Waals surface area (Å²) >= 11 is 0. The average molecular weight is 500 g/mol. The van der Waals surface area contributed by atoms with E-state index in [9.17, 15) is 13.2 Å². The van der Waals surface area contributed by atoms with E-state index < -0.39 is 12.7 Å². The molecule has 2 N–H and O–H groups in total. The summed E-state index contributed by atoms with van der Waals surface area (Å²) in [6.07, 6.45) is -3.48. The summed E-state index contributed by atoms with van der Waals surface area (Å²) in [6, 6.07) is 7.76. The molecule has 1 saturated heterocycles. The van der Waals surface area contributed by atoms with Crippen LogP contribution in [0.2, 0.25) is 0 Å². The van der Waals surface area contributed by atoms with Crippen LogP contribution in [0.25, 0.3) is 0 Å². The van der Waals surface area contributed by atoms with E-state index >= 15 is 0 Å². The maximum atomic E-state index is 12.5. The highest BCUT2D eigenvalue weighted by Gasteiger charge is 2.34. The third kappa shape index (κ3) is 9.50. The smallest absolute Gasteiger partial charge is 0.401 e. The molecule has 5 nitrogen and oxygen atoms in total. The molecule has 0 saturated carbocycles. The van der Waals surface area contributed by atoms with Crippen LogP contribution in [0, 0.1) is 6.92 Å². The van der Waals surface area contributed by atoms with Crippen molar-refractivity contribution >= 4 is 29.9 Å². The van der Waals surface area contributed by atoms with Gasteiger partial charge in [0.2, 0.25) is 0 Å². The quantitative estimate of drug-likeness (QED) is 0.262. The zero-order valence-corrected chi connectivity index (χ0v) is 18.0. The highest BCUT2D eigenvalue weighted by atomic mass is 127. The largest absolute Gasteiger partial charge is 0.492 e. The molecule has 1 atom stereocenters. The highest BCUT2D eigenvalue weighted by molar-refractivity contribution is 14.0. The lowest BCUT2D eigenvalue weighted by Crippen LogP contribution is -2.45. The molecule has 0 amide bonds. The van der Waals surface area contributed by atoms with Crippen LogP contribution in [0.3, 0.4) is 0 Å². The summed E-state index contributed by atoms with van der Waals surface area (Å²) in [5.74, 6) is 1.40. The lowest BCUT2D eigenvalue weighted by Gasteiger charge is -2.19. The Bertz CT molecular complexity index is 581. The Balaban J connectivity index is 0.00000364. The molecule has 1 unspecified atom stereocenters. The number of halogens is 4. The Labute approximate surface area is 175 Å². The summed E-state index contributed by atoms with van der Waals surface area (Å²) in [5.41, 5.74) is 1.17. The Morgan fingerprint density at radius 2 is 2.00 bits per heavy atom. The standard InChI is InChI=1S/C18H27F3N4O.HI/c1-3-22-17(23-9-11-26-16-6-4-14(2)5-7-16)24-15-8-10-25(12-15)13-18(19,20)21;/h4-7,15H,3,8-13H2,1-2H3,(H2,22,23,24);1H. The average Bonchev–Trinajstić information content (AvgIpc) is 2.98. The fourth-order valence-electron chi connectivity index (χ4n) is 2.82. The van der Waals surface area contributed by atoms with Crippen LogP contribution in [0.1, 0.15) is 18.9 Å². The van der Waals surface area contributed by atoms with Gasteiger partial charge in [0.05, 0.1) is 13.1 Å². The molecule has 0 aliphatic carbocycles. The zero-order chi connectivity index (χ0) is 19.0. The molecular formula is C18H28F3IN4O. The summed E-state index contributed by atoms with van der Waals surface area (Å²) in [6.45, 7) is 5.49. The number of benzene rings is 1. The maximum Gasteiger partial charge on any atom is 0.401 e. The van der Waals surface area contributed by atoms with Gasteiger partial charge >= 0.3 is 6.18 Å². The van der Waals surface area contributed by atoms with E-state index in [1.807, 2.05) is 38.1 Å². The van der Waals surface area contributed by atoms with Crippen molar-refractivity contribution in [3.05, 3.63) is 29.8 Å². The molecule has 0 bridgehead atoms. The van der Waals surface area contributed by atoms with Crippen molar-refractivity contribution in [2.45, 2.75) is 32.5 Å². The van der Waals surface area contributed by atoms with Crippen molar-refractivity contribution in [3.8, 4) is 5.75 Å². The zero-order valence-electron chi connectivity index (χ0n) is 15.7. The van der Waals surface area contributed by atoms with Gasteiger partial charge in [-0.2, -0.15) is 13.2 Å². The normalized spacial score (nSPS) is 18.1. The summed E-state index contributed by atoms with van der Waals surface area (Å²) in [5, 5.41) is 6.33. The summed E-state index contributed by atoms with van der Waals surface area (Å²) in [7, 11) is 0. The molecule has 1 aliphatic heterocycles. The van der Waals surface area contributed by atoms with Crippen LogP contribution in [0.5, 0.6) is 5.75 Å². The molecule has 154 valence electrons. The maximum absolute atomic E-state index is 12.5. The Kier molecular flexibility index (Phi) is 10.2. The molecule has 1 aromatic carbocycles. The van der Waals surface area contributed by atoms with Crippen LogP contribution >= 0.6 is 24.0 Å². The van der Waals surface area contributed by atoms with Crippen LogP contribution < -0.4 is 15.4 Å². The monoisotopic (exact) mass is 500 g/mol. The number of aliphatic imine (C=N–C) groups is 1. The van der Waals surface area contributed by atoms with Crippen LogP contribution in [0.4, 0.5) is 13.2 Å². The molecule has 1 aliphatic rings. The first-order chi connectivity index (χ1) is 12.4. The SMILES string of the molecule is CCNC(=NCCOc1ccc(C)cc1)NC1CCN(CC(F)(F)F)C1.I. The van der Waals surface area contributed by atoms with Crippen molar-refractivity contribution in [3.63, 3.8) is 0 Å². The second kappa shape index (κ2) is 11.6. The number of nitrogens with zero attached hydrogens (tertiary/aromatic N) is 2. The van der Waals surface area contributed by atoms with Crippen molar-refractivity contribution in [1.29, 1.82) is 0 Å². The van der Waals surface area contributed by atoms with Crippen molar-refractivity contribution in [2.75, 3.05) is 39.3 Å². The van der Waals surface area contributed by atoms with Gasteiger partial charge in [-0.15, -0.1) is 24.0 Å². The number of rotatable bonds is 7. The molecule has 1 aromatic rings. The van der Waals surface area contributed by atoms with Crippen molar-refractivity contribution < 1.29 is 17.9 Å². The summed E-state index contributed by atoms with van der Waals surface area (Å²) < 4.78 is 43.1. The number of guanidine groups is 1. The van der Waals surface area contributed by atoms with Crippen molar-refractivity contribution in [1.82, 2.24) is 15.5 Å². The van der Waals surface area contributed by atoms with Gasteiger partial charge < -0.3 is 15.4 Å². The molecule has 2 rings (SSSR count). The van der Waals surface area contributed by atoms with E-state index in [4.69, 9.17) is 4.74 Å². The predicted octanol–water partition coefficient (Wildman–Crippen LogP) is 3.18. The number of aryl methyl sites for hydroxylation is 1. The van der Waals surface area contributed by atoms with Crippen molar-refractivity contribution in [2.24, 2.45) is 4.99 Å². The third-order valence-corrected chi connectivity index (χ3v) is 4.01. The number of nitrogens with one attached hydrogen (secondary N) is 2. The lowest BCUT2D eigenvalue weighted by molar-refractivity contribution is -0.143. The molecule has 0 spiro atoms. The predicted molar refractivity (Wildman–Crippen MR) is 112 cm³/mol. The van der Waals surface area contributed by atoms with E-state index in [2.05, 4.69) is 15.6 Å². The summed E-state index contributed by atoms with van der Waals surface area (Å²) in [4.78, 5) is 5.86. The van der Waals surface area contributed by atoms with Gasteiger partial charge in [0.25, 0.3) is 0 Å². The molecule has 9 heteroatoms. The molecule has 27 heavy (non-hydrogen) atoms. The molecule has 0 aromatic heterocycles. The van der Waals surface area contributed by atoms with E-state index in [1.54, 1.807) is 0 Å². The number of alkyl halides is 3. The van der Waals surface area contributed by atoms with Gasteiger partial charge in [-0.3, -0.25) is 4.90 Å². The van der Waals surface area contributed by atoms with Gasteiger partial charge in [0.15, 0.2) is 5.96 Å².